The minimum Gasteiger partial charge on any atom is -0.391 e. The predicted octanol–water partition coefficient (Wildman–Crippen LogP) is -0.951. The van der Waals surface area contributed by atoms with Gasteiger partial charge in [-0.2, -0.15) is 0 Å². The van der Waals surface area contributed by atoms with Gasteiger partial charge in [0.25, 0.3) is 0 Å². The van der Waals surface area contributed by atoms with Crippen LogP contribution in [0.5, 0.6) is 0 Å². The first-order valence-electron chi connectivity index (χ1n) is 2.92. The number of hydrogen-bond donors (Lipinski definition) is 3. The summed E-state index contributed by atoms with van der Waals surface area (Å²) in [5.74, 6) is 0. The quantitative estimate of drug-likeness (QED) is 0.428. The Morgan fingerprint density at radius 2 is 2.56 bits per heavy atom. The molecule has 0 aliphatic carbocycles. The molecule has 9 heavy (non-hydrogen) atoms. The number of urea groups is 1. The van der Waals surface area contributed by atoms with Gasteiger partial charge in [0.15, 0.2) is 0 Å². The fourth-order valence-corrected chi connectivity index (χ4v) is 0.764. The first kappa shape index (κ1) is 6.35. The van der Waals surface area contributed by atoms with E-state index in [1.807, 2.05) is 0 Å². The van der Waals surface area contributed by atoms with Gasteiger partial charge in [0.1, 0.15) is 0 Å². The Kier molecular flexibility index (Phi) is 1.57. The molecule has 0 bridgehead atoms. The van der Waals surface area contributed by atoms with Gasteiger partial charge in [0, 0.05) is 6.54 Å². The molecule has 0 aromatic carbocycles. The molecular weight excluding hydrogens is 120 g/mol. The molecule has 1 saturated heterocycles. The maximum atomic E-state index is 10.4. The van der Waals surface area contributed by atoms with Gasteiger partial charge in [-0.05, 0) is 6.92 Å². The summed E-state index contributed by atoms with van der Waals surface area (Å²) in [5, 5.41) is 14.0. The standard InChI is InChI=1S/C5H10N2O2/c1-3(8)4-2-6-5(9)7-4/h3-4,8H,2H2,1H3,(H2,6,7,9). The van der Waals surface area contributed by atoms with Crippen LogP contribution in [-0.2, 0) is 0 Å². The van der Waals surface area contributed by atoms with Crippen LogP contribution in [0.3, 0.4) is 0 Å². The Hall–Kier alpha value is -0.770. The molecule has 4 heteroatoms. The number of aliphatic hydroxyl groups is 1. The van der Waals surface area contributed by atoms with E-state index in [4.69, 9.17) is 5.11 Å². The molecule has 1 rings (SSSR count). The van der Waals surface area contributed by atoms with Crippen molar-refractivity contribution in [3.05, 3.63) is 0 Å². The van der Waals surface area contributed by atoms with Crippen LogP contribution in [0.4, 0.5) is 4.79 Å². The Labute approximate surface area is 53.2 Å². The van der Waals surface area contributed by atoms with E-state index in [-0.39, 0.29) is 12.1 Å². The first-order chi connectivity index (χ1) is 4.20. The Morgan fingerprint density at radius 3 is 2.78 bits per heavy atom. The van der Waals surface area contributed by atoms with E-state index in [0.717, 1.165) is 0 Å². The zero-order valence-electron chi connectivity index (χ0n) is 5.22. The lowest BCUT2D eigenvalue weighted by Crippen LogP contribution is -2.35. The van der Waals surface area contributed by atoms with Crippen molar-refractivity contribution in [1.29, 1.82) is 0 Å². The number of carbonyl (C=O) groups excluding carboxylic acids is 1. The first-order valence-corrected chi connectivity index (χ1v) is 2.92. The predicted molar refractivity (Wildman–Crippen MR) is 32.0 cm³/mol. The van der Waals surface area contributed by atoms with E-state index in [1.54, 1.807) is 6.92 Å². The second-order valence-corrected chi connectivity index (χ2v) is 2.20. The fraction of sp³-hybridized carbons (Fsp3) is 0.800. The molecule has 1 aliphatic heterocycles. The lowest BCUT2D eigenvalue weighted by molar-refractivity contribution is 0.159. The summed E-state index contributed by atoms with van der Waals surface area (Å²) in [6, 6.07) is -0.307. The van der Waals surface area contributed by atoms with Crippen molar-refractivity contribution in [3.8, 4) is 0 Å². The van der Waals surface area contributed by atoms with Gasteiger partial charge >= 0.3 is 6.03 Å². The number of aliphatic hydroxyl groups excluding tert-OH is 1. The van der Waals surface area contributed by atoms with E-state index in [2.05, 4.69) is 10.6 Å². The largest absolute Gasteiger partial charge is 0.391 e. The van der Waals surface area contributed by atoms with Crippen molar-refractivity contribution in [3.63, 3.8) is 0 Å². The number of carbonyl (C=O) groups is 1. The van der Waals surface area contributed by atoms with Crippen molar-refractivity contribution in [2.24, 2.45) is 0 Å². The Bertz CT molecular complexity index is 124. The summed E-state index contributed by atoms with van der Waals surface area (Å²) in [4.78, 5) is 10.4. The van der Waals surface area contributed by atoms with Gasteiger partial charge in [-0.3, -0.25) is 0 Å². The summed E-state index contributed by atoms with van der Waals surface area (Å²) < 4.78 is 0. The van der Waals surface area contributed by atoms with Crippen molar-refractivity contribution in [2.45, 2.75) is 19.1 Å². The summed E-state index contributed by atoms with van der Waals surface area (Å²) in [6.07, 6.45) is -0.469. The topological polar surface area (TPSA) is 61.4 Å². The van der Waals surface area contributed by atoms with Crippen LogP contribution in [0.25, 0.3) is 0 Å². The second kappa shape index (κ2) is 2.23. The van der Waals surface area contributed by atoms with Crippen molar-refractivity contribution in [2.75, 3.05) is 6.54 Å². The molecule has 2 amide bonds. The van der Waals surface area contributed by atoms with Crippen LogP contribution in [0, 0.1) is 0 Å². The fourth-order valence-electron chi connectivity index (χ4n) is 0.764. The van der Waals surface area contributed by atoms with Gasteiger partial charge in [-0.15, -0.1) is 0 Å². The molecule has 0 aromatic rings. The summed E-state index contributed by atoms with van der Waals surface area (Å²) in [7, 11) is 0. The molecule has 2 atom stereocenters. The summed E-state index contributed by atoms with van der Waals surface area (Å²) in [6.45, 7) is 2.18. The molecule has 0 radical (unpaired) electrons. The third-order valence-electron chi connectivity index (χ3n) is 1.38. The maximum Gasteiger partial charge on any atom is 0.315 e. The Balaban J connectivity index is 2.39. The van der Waals surface area contributed by atoms with Gasteiger partial charge < -0.3 is 15.7 Å². The van der Waals surface area contributed by atoms with Gasteiger partial charge in [0.2, 0.25) is 0 Å². The lowest BCUT2D eigenvalue weighted by Gasteiger charge is -2.09. The highest BCUT2D eigenvalue weighted by Gasteiger charge is 2.23. The average Bonchev–Trinajstić information content (AvgIpc) is 2.14. The van der Waals surface area contributed by atoms with E-state index in [9.17, 15) is 4.79 Å². The van der Waals surface area contributed by atoms with E-state index in [1.165, 1.54) is 0 Å². The molecule has 0 saturated carbocycles. The molecule has 3 N–H and O–H groups in total. The maximum absolute atomic E-state index is 10.4. The van der Waals surface area contributed by atoms with Crippen molar-refractivity contribution < 1.29 is 9.90 Å². The van der Waals surface area contributed by atoms with E-state index in [0.29, 0.717) is 6.54 Å². The molecule has 2 unspecified atom stereocenters. The molecule has 52 valence electrons. The summed E-state index contributed by atoms with van der Waals surface area (Å²) >= 11 is 0. The molecule has 1 aliphatic rings. The number of nitrogens with one attached hydrogen (secondary N) is 2. The Morgan fingerprint density at radius 1 is 1.89 bits per heavy atom. The summed E-state index contributed by atoms with van der Waals surface area (Å²) in [5.41, 5.74) is 0. The molecule has 1 fully saturated rings. The number of rotatable bonds is 1. The van der Waals surface area contributed by atoms with Crippen LogP contribution >= 0.6 is 0 Å². The second-order valence-electron chi connectivity index (χ2n) is 2.20. The zero-order valence-corrected chi connectivity index (χ0v) is 5.22. The monoisotopic (exact) mass is 130 g/mol. The minimum absolute atomic E-state index is 0.113. The van der Waals surface area contributed by atoms with Crippen molar-refractivity contribution in [1.82, 2.24) is 10.6 Å². The highest BCUT2D eigenvalue weighted by molar-refractivity contribution is 5.76. The SMILES string of the molecule is CC(O)C1CNC(=O)N1. The van der Waals surface area contributed by atoms with E-state index >= 15 is 0 Å². The van der Waals surface area contributed by atoms with Gasteiger partial charge in [-0.25, -0.2) is 4.79 Å². The van der Waals surface area contributed by atoms with Crippen LogP contribution < -0.4 is 10.6 Å². The smallest absolute Gasteiger partial charge is 0.315 e. The number of amides is 2. The molecule has 4 nitrogen and oxygen atoms in total. The van der Waals surface area contributed by atoms with Crippen LogP contribution in [0.1, 0.15) is 6.92 Å². The van der Waals surface area contributed by atoms with Crippen LogP contribution in [-0.4, -0.2) is 29.8 Å². The van der Waals surface area contributed by atoms with Gasteiger partial charge in [-0.1, -0.05) is 0 Å². The van der Waals surface area contributed by atoms with Crippen LogP contribution in [0.15, 0.2) is 0 Å². The zero-order chi connectivity index (χ0) is 6.85. The minimum atomic E-state index is -0.469. The third-order valence-corrected chi connectivity index (χ3v) is 1.38. The molecular formula is C5H10N2O2. The lowest BCUT2D eigenvalue weighted by atomic mass is 10.2. The normalized spacial score (nSPS) is 29.1. The van der Waals surface area contributed by atoms with Crippen molar-refractivity contribution >= 4 is 6.03 Å². The highest BCUT2D eigenvalue weighted by atomic mass is 16.3. The van der Waals surface area contributed by atoms with E-state index < -0.39 is 6.10 Å². The molecule has 1 heterocycles. The average molecular weight is 130 g/mol. The molecule has 0 aromatic heterocycles. The highest BCUT2D eigenvalue weighted by Crippen LogP contribution is 1.95. The number of hydrogen-bond acceptors (Lipinski definition) is 2. The molecule has 0 spiro atoms. The van der Waals surface area contributed by atoms with Crippen LogP contribution in [0.2, 0.25) is 0 Å². The van der Waals surface area contributed by atoms with Gasteiger partial charge in [0.05, 0.1) is 12.1 Å². The third kappa shape index (κ3) is 1.32.